The van der Waals surface area contributed by atoms with E-state index in [4.69, 9.17) is 5.11 Å². The van der Waals surface area contributed by atoms with Gasteiger partial charge in [-0.15, -0.1) is 0 Å². The van der Waals surface area contributed by atoms with Gasteiger partial charge in [0.1, 0.15) is 5.82 Å². The molecule has 3 nitrogen and oxygen atoms in total. The minimum atomic E-state index is -1.04. The lowest BCUT2D eigenvalue weighted by Crippen LogP contribution is -2.17. The van der Waals surface area contributed by atoms with Crippen LogP contribution in [0.3, 0.4) is 0 Å². The Morgan fingerprint density at radius 3 is 2.76 bits per heavy atom. The van der Waals surface area contributed by atoms with E-state index >= 15 is 0 Å². The first-order valence-electron chi connectivity index (χ1n) is 5.41. The molecule has 0 aliphatic rings. The number of carboxylic acid groups (broad SMARTS) is 1. The van der Waals surface area contributed by atoms with Gasteiger partial charge in [-0.3, -0.25) is 0 Å². The van der Waals surface area contributed by atoms with E-state index in [9.17, 15) is 9.18 Å². The van der Waals surface area contributed by atoms with Crippen molar-refractivity contribution in [3.05, 3.63) is 41.2 Å². The Kier molecular flexibility index (Phi) is 4.84. The van der Waals surface area contributed by atoms with Crippen molar-refractivity contribution in [3.8, 4) is 0 Å². The summed E-state index contributed by atoms with van der Waals surface area (Å²) in [6.45, 7) is 3.40. The van der Waals surface area contributed by atoms with Gasteiger partial charge in [-0.2, -0.15) is 0 Å². The topological polar surface area (TPSA) is 40.5 Å². The van der Waals surface area contributed by atoms with Gasteiger partial charge >= 0.3 is 5.97 Å². The standard InChI is InChI=1S/C13H16FNO2/c1-3-15(2)9-11-6-4-10(8-12(11)14)5-7-13(16)17/h4-8H,3,9H2,1-2H3,(H,16,17). The maximum absolute atomic E-state index is 13.7. The predicted molar refractivity (Wildman–Crippen MR) is 65.1 cm³/mol. The van der Waals surface area contributed by atoms with Crippen molar-refractivity contribution in [1.82, 2.24) is 4.90 Å². The molecule has 0 saturated carbocycles. The Labute approximate surface area is 100 Å². The molecule has 0 aliphatic heterocycles. The summed E-state index contributed by atoms with van der Waals surface area (Å²) in [7, 11) is 1.91. The molecule has 92 valence electrons. The molecular formula is C13H16FNO2. The van der Waals surface area contributed by atoms with Gasteiger partial charge in [0.2, 0.25) is 0 Å². The largest absolute Gasteiger partial charge is 0.478 e. The summed E-state index contributed by atoms with van der Waals surface area (Å²) >= 11 is 0. The first-order valence-corrected chi connectivity index (χ1v) is 5.41. The number of hydrogen-bond acceptors (Lipinski definition) is 2. The smallest absolute Gasteiger partial charge is 0.328 e. The average molecular weight is 237 g/mol. The number of nitrogens with zero attached hydrogens (tertiary/aromatic N) is 1. The molecule has 0 aliphatic carbocycles. The average Bonchev–Trinajstić information content (AvgIpc) is 2.29. The molecule has 1 aromatic rings. The molecule has 0 fully saturated rings. The van der Waals surface area contributed by atoms with Crippen LogP contribution in [-0.2, 0) is 11.3 Å². The fraction of sp³-hybridized carbons (Fsp3) is 0.308. The fourth-order valence-corrected chi connectivity index (χ4v) is 1.37. The second-order valence-electron chi connectivity index (χ2n) is 3.85. The quantitative estimate of drug-likeness (QED) is 0.799. The molecule has 0 radical (unpaired) electrons. The summed E-state index contributed by atoms with van der Waals surface area (Å²) in [6.07, 6.45) is 2.37. The highest BCUT2D eigenvalue weighted by Gasteiger charge is 2.04. The lowest BCUT2D eigenvalue weighted by Gasteiger charge is -2.14. The fourth-order valence-electron chi connectivity index (χ4n) is 1.37. The lowest BCUT2D eigenvalue weighted by molar-refractivity contribution is -0.131. The Morgan fingerprint density at radius 1 is 1.53 bits per heavy atom. The van der Waals surface area contributed by atoms with Crippen LogP contribution in [0, 0.1) is 5.82 Å². The van der Waals surface area contributed by atoms with E-state index in [-0.39, 0.29) is 5.82 Å². The molecule has 0 saturated heterocycles. The van der Waals surface area contributed by atoms with Crippen molar-refractivity contribution in [1.29, 1.82) is 0 Å². The Balaban J connectivity index is 2.82. The van der Waals surface area contributed by atoms with E-state index in [1.165, 1.54) is 12.1 Å². The highest BCUT2D eigenvalue weighted by molar-refractivity contribution is 5.85. The third-order valence-corrected chi connectivity index (χ3v) is 2.48. The van der Waals surface area contributed by atoms with Crippen LogP contribution in [0.15, 0.2) is 24.3 Å². The van der Waals surface area contributed by atoms with Crippen molar-refractivity contribution < 1.29 is 14.3 Å². The number of aliphatic carboxylic acids is 1. The number of rotatable bonds is 5. The number of carboxylic acids is 1. The summed E-state index contributed by atoms with van der Waals surface area (Å²) in [5, 5.41) is 8.46. The summed E-state index contributed by atoms with van der Waals surface area (Å²) in [5.74, 6) is -1.35. The number of halogens is 1. The molecule has 17 heavy (non-hydrogen) atoms. The molecule has 0 heterocycles. The van der Waals surface area contributed by atoms with Gasteiger partial charge in [0.05, 0.1) is 0 Å². The Hall–Kier alpha value is -1.68. The van der Waals surface area contributed by atoms with Crippen LogP contribution in [0.4, 0.5) is 4.39 Å². The van der Waals surface area contributed by atoms with Crippen molar-refractivity contribution in [2.24, 2.45) is 0 Å². The van der Waals surface area contributed by atoms with Gasteiger partial charge in [-0.1, -0.05) is 19.1 Å². The highest BCUT2D eigenvalue weighted by Crippen LogP contribution is 2.13. The second kappa shape index (κ2) is 6.15. The van der Waals surface area contributed by atoms with E-state index < -0.39 is 5.97 Å². The van der Waals surface area contributed by atoms with Crippen molar-refractivity contribution in [2.75, 3.05) is 13.6 Å². The molecule has 0 amide bonds. The van der Waals surface area contributed by atoms with E-state index in [1.54, 1.807) is 12.1 Å². The summed E-state index contributed by atoms with van der Waals surface area (Å²) in [4.78, 5) is 12.3. The van der Waals surface area contributed by atoms with Gasteiger partial charge in [-0.25, -0.2) is 9.18 Å². The minimum Gasteiger partial charge on any atom is -0.478 e. The number of hydrogen-bond donors (Lipinski definition) is 1. The van der Waals surface area contributed by atoms with Gasteiger partial charge in [0, 0.05) is 18.2 Å². The maximum atomic E-state index is 13.7. The van der Waals surface area contributed by atoms with Crippen LogP contribution >= 0.6 is 0 Å². The molecule has 0 bridgehead atoms. The van der Waals surface area contributed by atoms with E-state index in [1.807, 2.05) is 18.9 Å². The monoisotopic (exact) mass is 237 g/mol. The van der Waals surface area contributed by atoms with Crippen LogP contribution in [0.1, 0.15) is 18.1 Å². The lowest BCUT2D eigenvalue weighted by atomic mass is 10.1. The molecule has 0 unspecified atom stereocenters. The molecular weight excluding hydrogens is 221 g/mol. The second-order valence-corrected chi connectivity index (χ2v) is 3.85. The summed E-state index contributed by atoms with van der Waals surface area (Å²) in [5.41, 5.74) is 1.16. The van der Waals surface area contributed by atoms with E-state index in [0.29, 0.717) is 17.7 Å². The first-order chi connectivity index (χ1) is 8.02. The molecule has 1 aromatic carbocycles. The Morgan fingerprint density at radius 2 is 2.24 bits per heavy atom. The van der Waals surface area contributed by atoms with E-state index in [2.05, 4.69) is 0 Å². The maximum Gasteiger partial charge on any atom is 0.328 e. The molecule has 0 atom stereocenters. The molecule has 1 N–H and O–H groups in total. The van der Waals surface area contributed by atoms with E-state index in [0.717, 1.165) is 12.6 Å². The van der Waals surface area contributed by atoms with Crippen LogP contribution < -0.4 is 0 Å². The summed E-state index contributed by atoms with van der Waals surface area (Å²) < 4.78 is 13.7. The zero-order chi connectivity index (χ0) is 12.8. The zero-order valence-electron chi connectivity index (χ0n) is 9.98. The Bertz CT molecular complexity index is 429. The third kappa shape index (κ3) is 4.36. The predicted octanol–water partition coefficient (Wildman–Crippen LogP) is 2.38. The van der Waals surface area contributed by atoms with Gasteiger partial charge in [-0.05, 0) is 31.3 Å². The van der Waals surface area contributed by atoms with Crippen LogP contribution in [0.5, 0.6) is 0 Å². The third-order valence-electron chi connectivity index (χ3n) is 2.48. The highest BCUT2D eigenvalue weighted by atomic mass is 19.1. The SMILES string of the molecule is CCN(C)Cc1ccc(C=CC(=O)O)cc1F. The molecule has 0 aromatic heterocycles. The molecule has 1 rings (SSSR count). The van der Waals surface area contributed by atoms with Gasteiger partial charge in [0.25, 0.3) is 0 Å². The summed E-state index contributed by atoms with van der Waals surface area (Å²) in [6, 6.07) is 4.74. The van der Waals surface area contributed by atoms with Crippen LogP contribution in [0.2, 0.25) is 0 Å². The normalized spacial score (nSPS) is 11.3. The van der Waals surface area contributed by atoms with Crippen LogP contribution in [-0.4, -0.2) is 29.6 Å². The van der Waals surface area contributed by atoms with Gasteiger partial charge < -0.3 is 10.0 Å². The van der Waals surface area contributed by atoms with Crippen LogP contribution in [0.25, 0.3) is 6.08 Å². The van der Waals surface area contributed by atoms with Crippen molar-refractivity contribution in [3.63, 3.8) is 0 Å². The zero-order valence-corrected chi connectivity index (χ0v) is 9.98. The first kappa shape index (κ1) is 13.4. The number of benzene rings is 1. The molecule has 0 spiro atoms. The van der Waals surface area contributed by atoms with Gasteiger partial charge in [0.15, 0.2) is 0 Å². The van der Waals surface area contributed by atoms with Crippen molar-refractivity contribution >= 4 is 12.0 Å². The number of carbonyl (C=O) groups is 1. The van der Waals surface area contributed by atoms with Crippen molar-refractivity contribution in [2.45, 2.75) is 13.5 Å². The molecule has 4 heteroatoms. The minimum absolute atomic E-state index is 0.308.